The Hall–Kier alpha value is -1.38. The molecule has 74 valence electrons. The number of carbonyl (C=O) groups excluding carboxylic acids is 1. The lowest BCUT2D eigenvalue weighted by Crippen LogP contribution is -2.36. The normalized spacial score (nSPS) is 19.9. The van der Waals surface area contributed by atoms with Crippen LogP contribution in [0.3, 0.4) is 0 Å². The van der Waals surface area contributed by atoms with Crippen LogP contribution in [-0.4, -0.2) is 29.6 Å². The third-order valence-electron chi connectivity index (χ3n) is 2.48. The second-order valence-corrected chi connectivity index (χ2v) is 3.45. The first kappa shape index (κ1) is 9.19. The monoisotopic (exact) mass is 190 g/mol. The first-order chi connectivity index (χ1) is 6.83. The second kappa shape index (κ2) is 3.78. The summed E-state index contributed by atoms with van der Waals surface area (Å²) < 4.78 is 0. The third-order valence-corrected chi connectivity index (χ3v) is 2.48. The van der Waals surface area contributed by atoms with Gasteiger partial charge in [0.25, 0.3) is 0 Å². The van der Waals surface area contributed by atoms with E-state index in [0.717, 1.165) is 30.9 Å². The van der Waals surface area contributed by atoms with Crippen molar-refractivity contribution in [2.45, 2.75) is 19.8 Å². The van der Waals surface area contributed by atoms with E-state index in [1.807, 2.05) is 25.3 Å². The van der Waals surface area contributed by atoms with Gasteiger partial charge in [0.2, 0.25) is 0 Å². The maximum atomic E-state index is 11.6. The molecular weight excluding hydrogens is 176 g/mol. The van der Waals surface area contributed by atoms with Gasteiger partial charge in [0, 0.05) is 25.7 Å². The molecule has 0 radical (unpaired) electrons. The van der Waals surface area contributed by atoms with E-state index >= 15 is 0 Å². The van der Waals surface area contributed by atoms with Crippen LogP contribution in [0.1, 0.15) is 19.8 Å². The van der Waals surface area contributed by atoms with Gasteiger partial charge in [-0.15, -0.1) is 0 Å². The van der Waals surface area contributed by atoms with Crippen LogP contribution in [0.5, 0.6) is 0 Å². The maximum Gasteiger partial charge on any atom is 0.166 e. The Morgan fingerprint density at radius 3 is 3.29 bits per heavy atom. The number of aliphatic imine (C=N–C) groups is 1. The zero-order chi connectivity index (χ0) is 9.97. The average molecular weight is 190 g/mol. The highest BCUT2D eigenvalue weighted by molar-refractivity contribution is 6.22. The van der Waals surface area contributed by atoms with Crippen LogP contribution in [0, 0.1) is 0 Å². The van der Waals surface area contributed by atoms with Gasteiger partial charge in [0.1, 0.15) is 5.84 Å². The first-order valence-corrected chi connectivity index (χ1v) is 5.06. The van der Waals surface area contributed by atoms with Gasteiger partial charge in [-0.05, 0) is 18.6 Å². The molecule has 0 aromatic rings. The molecule has 2 aliphatic rings. The average Bonchev–Trinajstić information content (AvgIpc) is 2.27. The van der Waals surface area contributed by atoms with Crippen molar-refractivity contribution >= 4 is 11.6 Å². The number of hydrogen-bond donors (Lipinski definition) is 0. The number of nitrogens with zero attached hydrogens (tertiary/aromatic N) is 2. The van der Waals surface area contributed by atoms with E-state index in [2.05, 4.69) is 9.89 Å². The molecule has 0 aromatic heterocycles. The van der Waals surface area contributed by atoms with Gasteiger partial charge < -0.3 is 4.90 Å². The van der Waals surface area contributed by atoms with Gasteiger partial charge in [-0.3, -0.25) is 9.79 Å². The van der Waals surface area contributed by atoms with Crippen molar-refractivity contribution in [1.82, 2.24) is 4.90 Å². The molecule has 0 unspecified atom stereocenters. The first-order valence-electron chi connectivity index (χ1n) is 5.06. The summed E-state index contributed by atoms with van der Waals surface area (Å²) in [6.45, 7) is 3.70. The van der Waals surface area contributed by atoms with Crippen LogP contribution < -0.4 is 0 Å². The van der Waals surface area contributed by atoms with Gasteiger partial charge in [-0.1, -0.05) is 6.92 Å². The van der Waals surface area contributed by atoms with E-state index in [4.69, 9.17) is 0 Å². The maximum absolute atomic E-state index is 11.6. The van der Waals surface area contributed by atoms with Crippen molar-refractivity contribution < 1.29 is 4.79 Å². The molecule has 2 heterocycles. The van der Waals surface area contributed by atoms with E-state index < -0.39 is 0 Å². The standard InChI is InChI=1S/C11H14N2O/c1-2-10(14)9-5-3-7-13-8-4-6-12-11(9)13/h3,5,7H,2,4,6,8H2,1H3. The summed E-state index contributed by atoms with van der Waals surface area (Å²) in [5.41, 5.74) is 0.773. The molecule has 3 nitrogen and oxygen atoms in total. The van der Waals surface area contributed by atoms with Crippen molar-refractivity contribution in [3.05, 3.63) is 23.9 Å². The number of rotatable bonds is 2. The summed E-state index contributed by atoms with van der Waals surface area (Å²) in [6, 6.07) is 0. The Balaban J connectivity index is 2.31. The molecule has 2 aliphatic heterocycles. The molecule has 0 amide bonds. The Morgan fingerprint density at radius 1 is 1.64 bits per heavy atom. The van der Waals surface area contributed by atoms with Crippen molar-refractivity contribution in [3.63, 3.8) is 0 Å². The van der Waals surface area contributed by atoms with Gasteiger partial charge in [0.05, 0.1) is 5.57 Å². The van der Waals surface area contributed by atoms with Crippen LogP contribution in [0.25, 0.3) is 0 Å². The molecule has 3 heteroatoms. The Bertz CT molecular complexity index is 339. The number of carbonyl (C=O) groups is 1. The van der Waals surface area contributed by atoms with Gasteiger partial charge >= 0.3 is 0 Å². The van der Waals surface area contributed by atoms with Crippen molar-refractivity contribution in [2.75, 3.05) is 13.1 Å². The largest absolute Gasteiger partial charge is 0.333 e. The molecule has 0 spiro atoms. The van der Waals surface area contributed by atoms with Gasteiger partial charge in [-0.25, -0.2) is 0 Å². The highest BCUT2D eigenvalue weighted by Gasteiger charge is 2.22. The fourth-order valence-electron chi connectivity index (χ4n) is 1.73. The molecule has 0 bridgehead atoms. The predicted octanol–water partition coefficient (Wildman–Crippen LogP) is 1.52. The SMILES string of the molecule is CCC(=O)C1=CC=CN2CCCN=C12. The zero-order valence-electron chi connectivity index (χ0n) is 8.36. The summed E-state index contributed by atoms with van der Waals surface area (Å²) in [5, 5.41) is 0. The molecule has 0 saturated heterocycles. The lowest BCUT2D eigenvalue weighted by molar-refractivity contribution is -0.114. The van der Waals surface area contributed by atoms with E-state index in [0.29, 0.717) is 6.42 Å². The quantitative estimate of drug-likeness (QED) is 0.661. The van der Waals surface area contributed by atoms with Crippen molar-refractivity contribution in [1.29, 1.82) is 0 Å². The topological polar surface area (TPSA) is 32.7 Å². The molecule has 0 aromatic carbocycles. The number of allylic oxidation sites excluding steroid dienone is 2. The summed E-state index contributed by atoms with van der Waals surface area (Å²) in [7, 11) is 0. The predicted molar refractivity (Wildman–Crippen MR) is 56.1 cm³/mol. The minimum atomic E-state index is 0.181. The smallest absolute Gasteiger partial charge is 0.166 e. The molecule has 0 aliphatic carbocycles. The second-order valence-electron chi connectivity index (χ2n) is 3.45. The van der Waals surface area contributed by atoms with Crippen LogP contribution in [0.15, 0.2) is 28.9 Å². The molecule has 14 heavy (non-hydrogen) atoms. The molecule has 0 fully saturated rings. The minimum Gasteiger partial charge on any atom is -0.333 e. The number of fused-ring (bicyclic) bond motifs is 1. The molecule has 0 N–H and O–H groups in total. The number of Topliss-reactive ketones (excluding diaryl/α,β-unsaturated/α-hetero) is 1. The highest BCUT2D eigenvalue weighted by atomic mass is 16.1. The number of hydrogen-bond acceptors (Lipinski definition) is 3. The minimum absolute atomic E-state index is 0.181. The number of amidine groups is 1. The summed E-state index contributed by atoms with van der Waals surface area (Å²) in [5.74, 6) is 1.05. The van der Waals surface area contributed by atoms with Crippen LogP contribution in [0.4, 0.5) is 0 Å². The molecule has 0 saturated carbocycles. The lowest BCUT2D eigenvalue weighted by Gasteiger charge is -2.28. The summed E-state index contributed by atoms with van der Waals surface area (Å²) in [4.78, 5) is 18.1. The van der Waals surface area contributed by atoms with Gasteiger partial charge in [-0.2, -0.15) is 0 Å². The Labute approximate surface area is 83.8 Å². The van der Waals surface area contributed by atoms with Gasteiger partial charge in [0.15, 0.2) is 5.78 Å². The third kappa shape index (κ3) is 1.50. The zero-order valence-corrected chi connectivity index (χ0v) is 8.36. The van der Waals surface area contributed by atoms with E-state index in [1.54, 1.807) is 0 Å². The number of ketones is 1. The highest BCUT2D eigenvalue weighted by Crippen LogP contribution is 2.17. The lowest BCUT2D eigenvalue weighted by atomic mass is 10.0. The van der Waals surface area contributed by atoms with E-state index in [1.165, 1.54) is 0 Å². The molecular formula is C11H14N2O. The Morgan fingerprint density at radius 2 is 2.50 bits per heavy atom. The van der Waals surface area contributed by atoms with E-state index in [-0.39, 0.29) is 5.78 Å². The Kier molecular flexibility index (Phi) is 2.48. The van der Waals surface area contributed by atoms with E-state index in [9.17, 15) is 4.79 Å². The van der Waals surface area contributed by atoms with Crippen LogP contribution in [0.2, 0.25) is 0 Å². The summed E-state index contributed by atoms with van der Waals surface area (Å²) >= 11 is 0. The van der Waals surface area contributed by atoms with Crippen molar-refractivity contribution in [3.8, 4) is 0 Å². The molecule has 0 atom stereocenters. The fourth-order valence-corrected chi connectivity index (χ4v) is 1.73. The fraction of sp³-hybridized carbons (Fsp3) is 0.455. The van der Waals surface area contributed by atoms with Crippen molar-refractivity contribution in [2.24, 2.45) is 4.99 Å². The summed E-state index contributed by atoms with van der Waals surface area (Å²) in [6.07, 6.45) is 7.40. The van der Waals surface area contributed by atoms with Crippen LogP contribution in [-0.2, 0) is 4.79 Å². The molecule has 2 rings (SSSR count). The van der Waals surface area contributed by atoms with Crippen LogP contribution >= 0.6 is 0 Å².